The van der Waals surface area contributed by atoms with Crippen molar-refractivity contribution in [1.82, 2.24) is 4.90 Å². The molecule has 3 unspecified atom stereocenters. The van der Waals surface area contributed by atoms with E-state index in [0.29, 0.717) is 11.5 Å². The van der Waals surface area contributed by atoms with Crippen LogP contribution >= 0.6 is 0 Å². The average molecular weight is 266 g/mol. The van der Waals surface area contributed by atoms with Gasteiger partial charge in [-0.3, -0.25) is 0 Å². The molecule has 112 valence electrons. The topological polar surface area (TPSA) is 29.3 Å². The summed E-state index contributed by atoms with van der Waals surface area (Å²) in [6.45, 7) is 10.9. The maximum atomic E-state index is 6.46. The fraction of sp³-hybridized carbons (Fsp3) is 1.00. The average Bonchev–Trinajstić information content (AvgIpc) is 2.57. The molecule has 19 heavy (non-hydrogen) atoms. The van der Waals surface area contributed by atoms with Crippen LogP contribution < -0.4 is 5.73 Å². The fourth-order valence-electron chi connectivity index (χ4n) is 4.18. The van der Waals surface area contributed by atoms with E-state index in [-0.39, 0.29) is 0 Å². The van der Waals surface area contributed by atoms with Gasteiger partial charge in [0.1, 0.15) is 0 Å². The smallest absolute Gasteiger partial charge is 0.0131 e. The first-order valence-electron chi connectivity index (χ1n) is 8.51. The van der Waals surface area contributed by atoms with E-state index < -0.39 is 0 Å². The van der Waals surface area contributed by atoms with Gasteiger partial charge in [-0.05, 0) is 62.4 Å². The van der Waals surface area contributed by atoms with Crippen molar-refractivity contribution >= 4 is 0 Å². The van der Waals surface area contributed by atoms with Gasteiger partial charge in [-0.1, -0.05) is 33.6 Å². The van der Waals surface area contributed by atoms with Crippen LogP contribution in [0.2, 0.25) is 0 Å². The van der Waals surface area contributed by atoms with Crippen molar-refractivity contribution in [2.45, 2.75) is 71.8 Å². The number of likely N-dealkylation sites (tertiary alicyclic amines) is 1. The lowest BCUT2D eigenvalue weighted by Gasteiger charge is -2.30. The molecule has 2 fully saturated rings. The molecule has 2 nitrogen and oxygen atoms in total. The van der Waals surface area contributed by atoms with Crippen molar-refractivity contribution in [2.24, 2.45) is 23.0 Å². The van der Waals surface area contributed by atoms with Gasteiger partial charge in [-0.25, -0.2) is 0 Å². The maximum absolute atomic E-state index is 6.46. The molecular formula is C17H34N2. The second-order valence-electron chi connectivity index (χ2n) is 7.70. The molecule has 2 N–H and O–H groups in total. The molecule has 0 aromatic carbocycles. The summed E-state index contributed by atoms with van der Waals surface area (Å²) in [4.78, 5) is 2.71. The van der Waals surface area contributed by atoms with Crippen molar-refractivity contribution < 1.29 is 0 Å². The number of nitrogens with zero attached hydrogens (tertiary/aromatic N) is 1. The highest BCUT2D eigenvalue weighted by Crippen LogP contribution is 2.40. The van der Waals surface area contributed by atoms with Crippen molar-refractivity contribution in [1.29, 1.82) is 0 Å². The predicted molar refractivity (Wildman–Crippen MR) is 83.2 cm³/mol. The first-order valence-corrected chi connectivity index (χ1v) is 8.51. The molecule has 1 aliphatic carbocycles. The van der Waals surface area contributed by atoms with Crippen LogP contribution in [0.4, 0.5) is 0 Å². The summed E-state index contributed by atoms with van der Waals surface area (Å²) in [5.74, 6) is 1.72. The second-order valence-corrected chi connectivity index (χ2v) is 7.70. The highest BCUT2D eigenvalue weighted by molar-refractivity contribution is 4.95. The molecule has 0 aromatic rings. The largest absolute Gasteiger partial charge is 0.327 e. The van der Waals surface area contributed by atoms with E-state index in [1.54, 1.807) is 0 Å². The third kappa shape index (κ3) is 3.95. The lowest BCUT2D eigenvalue weighted by Crippen LogP contribution is -2.42. The Morgan fingerprint density at radius 1 is 1.16 bits per heavy atom. The van der Waals surface area contributed by atoms with E-state index in [9.17, 15) is 0 Å². The van der Waals surface area contributed by atoms with E-state index in [2.05, 4.69) is 25.7 Å². The summed E-state index contributed by atoms with van der Waals surface area (Å²) in [7, 11) is 0. The Bertz CT molecular complexity index is 274. The van der Waals surface area contributed by atoms with Crippen LogP contribution in [0.25, 0.3) is 0 Å². The third-order valence-corrected chi connectivity index (χ3v) is 5.70. The van der Waals surface area contributed by atoms with Crippen LogP contribution in [0.15, 0.2) is 0 Å². The number of hydrogen-bond acceptors (Lipinski definition) is 2. The quantitative estimate of drug-likeness (QED) is 0.841. The van der Waals surface area contributed by atoms with Crippen LogP contribution in [-0.2, 0) is 0 Å². The Hall–Kier alpha value is -0.0800. The molecule has 1 heterocycles. The summed E-state index contributed by atoms with van der Waals surface area (Å²) < 4.78 is 0. The van der Waals surface area contributed by atoms with Crippen LogP contribution in [0.1, 0.15) is 65.7 Å². The van der Waals surface area contributed by atoms with E-state index in [4.69, 9.17) is 5.73 Å². The Balaban J connectivity index is 1.80. The first-order chi connectivity index (χ1) is 9.03. The van der Waals surface area contributed by atoms with Crippen molar-refractivity contribution in [2.75, 3.05) is 19.6 Å². The van der Waals surface area contributed by atoms with E-state index in [1.807, 2.05) is 0 Å². The third-order valence-electron chi connectivity index (χ3n) is 5.70. The predicted octanol–water partition coefficient (Wildman–Crippen LogP) is 3.65. The number of nitrogens with two attached hydrogens (primary N) is 1. The zero-order chi connectivity index (χ0) is 13.9. The standard InChI is InChI=1S/C17H34N2/c1-4-6-14-7-5-11-19(12-9-14)13-15-8-10-17(2,3)16(15)18/h14-16H,4-13,18H2,1-3H3. The summed E-state index contributed by atoms with van der Waals surface area (Å²) in [6, 6.07) is 0.405. The van der Waals surface area contributed by atoms with Crippen molar-refractivity contribution in [3.05, 3.63) is 0 Å². The van der Waals surface area contributed by atoms with Gasteiger partial charge in [-0.15, -0.1) is 0 Å². The van der Waals surface area contributed by atoms with Gasteiger partial charge in [0.15, 0.2) is 0 Å². The van der Waals surface area contributed by atoms with Gasteiger partial charge < -0.3 is 10.6 Å². The highest BCUT2D eigenvalue weighted by atomic mass is 15.1. The SMILES string of the molecule is CCCC1CCCN(CC2CCC(C)(C)C2N)CC1. The zero-order valence-corrected chi connectivity index (χ0v) is 13.3. The second kappa shape index (κ2) is 6.58. The molecule has 1 saturated heterocycles. The van der Waals surface area contributed by atoms with E-state index in [1.165, 1.54) is 64.6 Å². The summed E-state index contributed by atoms with van der Waals surface area (Å²) >= 11 is 0. The normalized spacial score (nSPS) is 36.3. The Kier molecular flexibility index (Phi) is 5.30. The zero-order valence-electron chi connectivity index (χ0n) is 13.3. The molecule has 0 aromatic heterocycles. The number of hydrogen-bond donors (Lipinski definition) is 1. The summed E-state index contributed by atoms with van der Waals surface area (Å²) in [5.41, 5.74) is 6.82. The minimum Gasteiger partial charge on any atom is -0.327 e. The first kappa shape index (κ1) is 15.3. The molecule has 0 amide bonds. The van der Waals surface area contributed by atoms with Gasteiger partial charge >= 0.3 is 0 Å². The van der Waals surface area contributed by atoms with Gasteiger partial charge in [0.25, 0.3) is 0 Å². The Morgan fingerprint density at radius 2 is 1.95 bits per heavy atom. The lowest BCUT2D eigenvalue weighted by atomic mass is 9.85. The molecule has 2 aliphatic rings. The molecule has 1 aliphatic heterocycles. The maximum Gasteiger partial charge on any atom is 0.0131 e. The minimum atomic E-state index is 0.362. The van der Waals surface area contributed by atoms with Gasteiger partial charge in [0.2, 0.25) is 0 Å². The van der Waals surface area contributed by atoms with Crippen LogP contribution in [0, 0.1) is 17.3 Å². The summed E-state index contributed by atoms with van der Waals surface area (Å²) in [6.07, 6.45) is 9.70. The van der Waals surface area contributed by atoms with Crippen LogP contribution in [0.3, 0.4) is 0 Å². The van der Waals surface area contributed by atoms with Gasteiger partial charge in [0.05, 0.1) is 0 Å². The van der Waals surface area contributed by atoms with Crippen LogP contribution in [-0.4, -0.2) is 30.6 Å². The molecule has 2 rings (SSSR count). The summed E-state index contributed by atoms with van der Waals surface area (Å²) in [5, 5.41) is 0. The molecule has 1 saturated carbocycles. The fourth-order valence-corrected chi connectivity index (χ4v) is 4.18. The van der Waals surface area contributed by atoms with Gasteiger partial charge in [0, 0.05) is 12.6 Å². The van der Waals surface area contributed by atoms with Crippen LogP contribution in [0.5, 0.6) is 0 Å². The highest BCUT2D eigenvalue weighted by Gasteiger charge is 2.39. The monoisotopic (exact) mass is 266 g/mol. The molecule has 3 atom stereocenters. The van der Waals surface area contributed by atoms with Crippen molar-refractivity contribution in [3.8, 4) is 0 Å². The number of rotatable bonds is 4. The molecule has 0 radical (unpaired) electrons. The van der Waals surface area contributed by atoms with E-state index >= 15 is 0 Å². The van der Waals surface area contributed by atoms with Crippen molar-refractivity contribution in [3.63, 3.8) is 0 Å². The molecular weight excluding hydrogens is 232 g/mol. The van der Waals surface area contributed by atoms with Gasteiger partial charge in [-0.2, -0.15) is 0 Å². The molecule has 2 heteroatoms. The molecule has 0 spiro atoms. The lowest BCUT2D eigenvalue weighted by molar-refractivity contribution is 0.207. The minimum absolute atomic E-state index is 0.362. The Labute approximate surface area is 120 Å². The molecule has 0 bridgehead atoms. The van der Waals surface area contributed by atoms with E-state index in [0.717, 1.165) is 11.8 Å². The Morgan fingerprint density at radius 3 is 2.58 bits per heavy atom.